The maximum atomic E-state index is 5.63. The Morgan fingerprint density at radius 3 is 2.70 bits per heavy atom. The van der Waals surface area contributed by atoms with Crippen molar-refractivity contribution >= 4 is 6.08 Å². The summed E-state index contributed by atoms with van der Waals surface area (Å²) in [7, 11) is 0. The van der Waals surface area contributed by atoms with E-state index in [9.17, 15) is 0 Å². The average molecular weight is 275 g/mol. The van der Waals surface area contributed by atoms with Gasteiger partial charge in [-0.2, -0.15) is 0 Å². The van der Waals surface area contributed by atoms with Crippen molar-refractivity contribution in [2.24, 2.45) is 5.92 Å². The van der Waals surface area contributed by atoms with Crippen molar-refractivity contribution < 1.29 is 9.47 Å². The Morgan fingerprint density at radius 2 is 2.00 bits per heavy atom. The van der Waals surface area contributed by atoms with Gasteiger partial charge in [0.25, 0.3) is 0 Å². The van der Waals surface area contributed by atoms with Gasteiger partial charge in [-0.15, -0.1) is 0 Å². The highest BCUT2D eigenvalue weighted by atomic mass is 16.6. The highest BCUT2D eigenvalue weighted by Crippen LogP contribution is 2.31. The van der Waals surface area contributed by atoms with Crippen LogP contribution in [-0.2, 0) is 0 Å². The average Bonchev–Trinajstić information content (AvgIpc) is 2.46. The van der Waals surface area contributed by atoms with E-state index in [1.807, 2.05) is 6.07 Å². The summed E-state index contributed by atoms with van der Waals surface area (Å²) in [5, 5.41) is 3.47. The monoisotopic (exact) mass is 275 g/mol. The highest BCUT2D eigenvalue weighted by Gasteiger charge is 2.11. The maximum absolute atomic E-state index is 5.63. The molecule has 3 nitrogen and oxygen atoms in total. The number of hydrogen-bond donors (Lipinski definition) is 1. The molecule has 0 atom stereocenters. The molecule has 1 aromatic rings. The van der Waals surface area contributed by atoms with Gasteiger partial charge in [-0.3, -0.25) is 0 Å². The van der Waals surface area contributed by atoms with Gasteiger partial charge >= 0.3 is 0 Å². The van der Waals surface area contributed by atoms with Crippen LogP contribution in [0.5, 0.6) is 11.5 Å². The molecule has 0 radical (unpaired) electrons. The lowest BCUT2D eigenvalue weighted by Crippen LogP contribution is -2.20. The molecule has 2 rings (SSSR count). The van der Waals surface area contributed by atoms with Crippen LogP contribution in [0, 0.1) is 5.92 Å². The second-order valence-electron chi connectivity index (χ2n) is 5.45. The van der Waals surface area contributed by atoms with Gasteiger partial charge < -0.3 is 14.8 Å². The molecule has 0 fully saturated rings. The maximum Gasteiger partial charge on any atom is 0.161 e. The summed E-state index contributed by atoms with van der Waals surface area (Å²) >= 11 is 0. The molecular weight excluding hydrogens is 250 g/mol. The van der Waals surface area contributed by atoms with Crippen LogP contribution in [0.1, 0.15) is 32.8 Å². The van der Waals surface area contributed by atoms with Crippen LogP contribution in [0.2, 0.25) is 0 Å². The fourth-order valence-corrected chi connectivity index (χ4v) is 2.20. The third-order valence-corrected chi connectivity index (χ3v) is 3.42. The van der Waals surface area contributed by atoms with Crippen LogP contribution in [0.15, 0.2) is 23.8 Å². The van der Waals surface area contributed by atoms with Gasteiger partial charge in [-0.05, 0) is 36.6 Å². The number of benzene rings is 1. The summed E-state index contributed by atoms with van der Waals surface area (Å²) in [6.07, 6.45) is 3.42. The first-order valence-corrected chi connectivity index (χ1v) is 7.51. The molecule has 1 aliphatic rings. The number of rotatable bonds is 6. The Labute approximate surface area is 122 Å². The first kappa shape index (κ1) is 14.9. The molecule has 1 aliphatic heterocycles. The highest BCUT2D eigenvalue weighted by molar-refractivity contribution is 5.59. The Morgan fingerprint density at radius 1 is 1.25 bits per heavy atom. The molecule has 0 amide bonds. The molecule has 110 valence electrons. The van der Waals surface area contributed by atoms with E-state index in [1.165, 1.54) is 11.1 Å². The summed E-state index contributed by atoms with van der Waals surface area (Å²) in [4.78, 5) is 0. The number of fused-ring (bicyclic) bond motifs is 1. The van der Waals surface area contributed by atoms with Gasteiger partial charge in [0, 0.05) is 6.54 Å². The zero-order valence-corrected chi connectivity index (χ0v) is 12.7. The molecule has 3 heteroatoms. The molecular formula is C17H25NO2. The summed E-state index contributed by atoms with van der Waals surface area (Å²) in [6, 6.07) is 6.16. The van der Waals surface area contributed by atoms with Crippen LogP contribution >= 0.6 is 0 Å². The number of nitrogens with one attached hydrogen (secondary N) is 1. The minimum atomic E-state index is 0.535. The quantitative estimate of drug-likeness (QED) is 0.806. The smallest absolute Gasteiger partial charge is 0.161 e. The molecule has 0 aromatic heterocycles. The lowest BCUT2D eigenvalue weighted by Gasteiger charge is -2.19. The topological polar surface area (TPSA) is 30.5 Å². The second-order valence-corrected chi connectivity index (χ2v) is 5.45. The summed E-state index contributed by atoms with van der Waals surface area (Å²) in [5.41, 5.74) is 2.59. The van der Waals surface area contributed by atoms with Crippen molar-refractivity contribution in [1.29, 1.82) is 0 Å². The normalized spacial score (nSPS) is 14.7. The van der Waals surface area contributed by atoms with E-state index in [4.69, 9.17) is 9.47 Å². The zero-order valence-electron chi connectivity index (χ0n) is 12.7. The van der Waals surface area contributed by atoms with Crippen molar-refractivity contribution in [3.8, 4) is 11.5 Å². The van der Waals surface area contributed by atoms with Crippen molar-refractivity contribution in [3.05, 3.63) is 29.3 Å². The van der Waals surface area contributed by atoms with Gasteiger partial charge in [0.2, 0.25) is 0 Å². The van der Waals surface area contributed by atoms with Crippen molar-refractivity contribution in [3.63, 3.8) is 0 Å². The molecule has 1 heterocycles. The van der Waals surface area contributed by atoms with Gasteiger partial charge in [0.05, 0.1) is 0 Å². The zero-order chi connectivity index (χ0) is 14.4. The fourth-order valence-electron chi connectivity index (χ4n) is 2.20. The molecule has 0 aliphatic carbocycles. The van der Waals surface area contributed by atoms with Crippen LogP contribution in [0.3, 0.4) is 0 Å². The van der Waals surface area contributed by atoms with Crippen molar-refractivity contribution in [2.75, 3.05) is 26.3 Å². The van der Waals surface area contributed by atoms with E-state index in [1.54, 1.807) is 0 Å². The standard InChI is InChI=1S/C17H25NO2/c1-4-7-18-12-15(13(2)3)10-14-5-6-16-17(11-14)20-9-8-19-16/h5-6,10-11,13,18H,4,7-9,12H2,1-3H3. The Kier molecular flexibility index (Phi) is 5.48. The predicted octanol–water partition coefficient (Wildman–Crippen LogP) is 3.50. The first-order valence-electron chi connectivity index (χ1n) is 7.51. The van der Waals surface area contributed by atoms with E-state index >= 15 is 0 Å². The molecule has 1 N–H and O–H groups in total. The van der Waals surface area contributed by atoms with Crippen LogP contribution in [-0.4, -0.2) is 26.3 Å². The van der Waals surface area contributed by atoms with Crippen LogP contribution in [0.4, 0.5) is 0 Å². The predicted molar refractivity (Wildman–Crippen MR) is 83.4 cm³/mol. The molecule has 1 aromatic carbocycles. The third kappa shape index (κ3) is 4.01. The van der Waals surface area contributed by atoms with Crippen LogP contribution < -0.4 is 14.8 Å². The number of ether oxygens (including phenoxy) is 2. The molecule has 0 spiro atoms. The Balaban J connectivity index is 2.13. The lowest BCUT2D eigenvalue weighted by atomic mass is 10.00. The fraction of sp³-hybridized carbons (Fsp3) is 0.529. The van der Waals surface area contributed by atoms with Crippen molar-refractivity contribution in [1.82, 2.24) is 5.32 Å². The summed E-state index contributed by atoms with van der Waals surface area (Å²) < 4.78 is 11.2. The molecule has 0 saturated heterocycles. The molecule has 0 unspecified atom stereocenters. The lowest BCUT2D eigenvalue weighted by molar-refractivity contribution is 0.171. The van der Waals surface area contributed by atoms with Gasteiger partial charge in [0.1, 0.15) is 13.2 Å². The van der Waals surface area contributed by atoms with Gasteiger partial charge in [-0.25, -0.2) is 0 Å². The molecule has 0 bridgehead atoms. The van der Waals surface area contributed by atoms with E-state index in [0.29, 0.717) is 19.1 Å². The minimum Gasteiger partial charge on any atom is -0.486 e. The van der Waals surface area contributed by atoms with Crippen molar-refractivity contribution in [2.45, 2.75) is 27.2 Å². The first-order chi connectivity index (χ1) is 9.70. The Hall–Kier alpha value is -1.48. The SMILES string of the molecule is CCCNCC(=Cc1ccc2c(c1)OCCO2)C(C)C. The van der Waals surface area contributed by atoms with Crippen LogP contribution in [0.25, 0.3) is 6.08 Å². The second kappa shape index (κ2) is 7.34. The van der Waals surface area contributed by atoms with E-state index in [2.05, 4.69) is 44.3 Å². The summed E-state index contributed by atoms with van der Waals surface area (Å²) in [5.74, 6) is 2.24. The molecule has 0 saturated carbocycles. The largest absolute Gasteiger partial charge is 0.486 e. The van der Waals surface area contributed by atoms with Gasteiger partial charge in [-0.1, -0.05) is 38.5 Å². The summed E-state index contributed by atoms with van der Waals surface area (Å²) in [6.45, 7) is 9.93. The van der Waals surface area contributed by atoms with E-state index in [0.717, 1.165) is 31.0 Å². The minimum absolute atomic E-state index is 0.535. The Bertz CT molecular complexity index is 466. The molecule has 20 heavy (non-hydrogen) atoms. The van der Waals surface area contributed by atoms with E-state index in [-0.39, 0.29) is 0 Å². The number of hydrogen-bond acceptors (Lipinski definition) is 3. The van der Waals surface area contributed by atoms with Gasteiger partial charge in [0.15, 0.2) is 11.5 Å². The van der Waals surface area contributed by atoms with E-state index < -0.39 is 0 Å². The third-order valence-electron chi connectivity index (χ3n) is 3.42.